The minimum Gasteiger partial charge on any atom is -0.472 e. The van der Waals surface area contributed by atoms with Crippen LogP contribution in [-0.4, -0.2) is 9.97 Å². The van der Waals surface area contributed by atoms with Gasteiger partial charge in [0.25, 0.3) is 5.56 Å². The van der Waals surface area contributed by atoms with Crippen molar-refractivity contribution in [3.63, 3.8) is 0 Å². The number of H-pyrrole nitrogens is 1. The summed E-state index contributed by atoms with van der Waals surface area (Å²) in [4.78, 5) is 17.4. The molecule has 5 nitrogen and oxygen atoms in total. The minimum atomic E-state index is -0.360. The van der Waals surface area contributed by atoms with Gasteiger partial charge in [-0.15, -0.1) is 0 Å². The van der Waals surface area contributed by atoms with Crippen LogP contribution in [0.25, 0.3) is 0 Å². The maximum atomic E-state index is 11.1. The number of anilines is 1. The minimum absolute atomic E-state index is 0.0565. The molecule has 0 aliphatic carbocycles. The molecule has 15 heavy (non-hydrogen) atoms. The molecule has 0 fully saturated rings. The summed E-state index contributed by atoms with van der Waals surface area (Å²) in [6, 6.07) is 1.81. The number of hydrogen-bond acceptors (Lipinski definition) is 4. The van der Waals surface area contributed by atoms with Crippen LogP contribution in [0.15, 0.2) is 34.1 Å². The topological polar surface area (TPSA) is 70.9 Å². The van der Waals surface area contributed by atoms with Crippen molar-refractivity contribution in [3.05, 3.63) is 45.9 Å². The van der Waals surface area contributed by atoms with Crippen LogP contribution in [0.1, 0.15) is 5.56 Å². The monoisotopic (exact) mass is 225 g/mol. The fraction of sp³-hybridized carbons (Fsp3) is 0.111. The number of aromatic nitrogens is 2. The van der Waals surface area contributed by atoms with Crippen molar-refractivity contribution in [2.24, 2.45) is 0 Å². The van der Waals surface area contributed by atoms with Crippen LogP contribution in [0.5, 0.6) is 0 Å². The number of rotatable bonds is 3. The number of nitrogens with one attached hydrogen (secondary N) is 2. The highest BCUT2D eigenvalue weighted by Gasteiger charge is 2.04. The molecule has 0 aromatic carbocycles. The highest BCUT2D eigenvalue weighted by atomic mass is 35.5. The number of halogens is 1. The van der Waals surface area contributed by atoms with Gasteiger partial charge in [0.2, 0.25) is 0 Å². The van der Waals surface area contributed by atoms with Gasteiger partial charge in [-0.1, -0.05) is 11.6 Å². The van der Waals surface area contributed by atoms with Gasteiger partial charge in [0.1, 0.15) is 5.02 Å². The van der Waals surface area contributed by atoms with Crippen molar-refractivity contribution >= 4 is 17.4 Å². The Hall–Kier alpha value is -1.75. The number of furan rings is 1. The van der Waals surface area contributed by atoms with E-state index in [2.05, 4.69) is 15.3 Å². The molecule has 2 heterocycles. The third-order valence-electron chi connectivity index (χ3n) is 1.84. The second-order valence-corrected chi connectivity index (χ2v) is 3.26. The molecule has 0 saturated heterocycles. The third kappa shape index (κ3) is 2.19. The van der Waals surface area contributed by atoms with Gasteiger partial charge in [-0.2, -0.15) is 0 Å². The molecular formula is C9H8ClN3O2. The Morgan fingerprint density at radius 1 is 1.60 bits per heavy atom. The van der Waals surface area contributed by atoms with E-state index >= 15 is 0 Å². The molecular weight excluding hydrogens is 218 g/mol. The van der Waals surface area contributed by atoms with Gasteiger partial charge in [-0.25, -0.2) is 4.98 Å². The van der Waals surface area contributed by atoms with E-state index in [1.807, 2.05) is 6.07 Å². The SMILES string of the molecule is O=c1[nH]cnc(NCc2ccoc2)c1Cl. The predicted octanol–water partition coefficient (Wildman–Crippen LogP) is 1.63. The van der Waals surface area contributed by atoms with Crippen LogP contribution >= 0.6 is 11.6 Å². The Labute approximate surface area is 90.1 Å². The molecule has 2 rings (SSSR count). The lowest BCUT2D eigenvalue weighted by molar-refractivity contribution is 0.564. The molecule has 0 saturated carbocycles. The summed E-state index contributed by atoms with van der Waals surface area (Å²) in [6.07, 6.45) is 4.48. The average molecular weight is 226 g/mol. The highest BCUT2D eigenvalue weighted by Crippen LogP contribution is 2.13. The first-order chi connectivity index (χ1) is 7.27. The van der Waals surface area contributed by atoms with Crippen molar-refractivity contribution < 1.29 is 4.42 Å². The number of hydrogen-bond donors (Lipinski definition) is 2. The largest absolute Gasteiger partial charge is 0.472 e. The van der Waals surface area contributed by atoms with Gasteiger partial charge in [0.15, 0.2) is 5.82 Å². The zero-order valence-corrected chi connectivity index (χ0v) is 8.41. The van der Waals surface area contributed by atoms with E-state index in [0.717, 1.165) is 5.56 Å². The van der Waals surface area contributed by atoms with Gasteiger partial charge >= 0.3 is 0 Å². The van der Waals surface area contributed by atoms with Gasteiger partial charge in [0, 0.05) is 12.1 Å². The summed E-state index contributed by atoms with van der Waals surface area (Å²) in [5.74, 6) is 0.363. The summed E-state index contributed by atoms with van der Waals surface area (Å²) in [5, 5.41) is 2.99. The normalized spacial score (nSPS) is 10.2. The van der Waals surface area contributed by atoms with Crippen molar-refractivity contribution in [2.45, 2.75) is 6.54 Å². The lowest BCUT2D eigenvalue weighted by Crippen LogP contribution is -2.11. The molecule has 0 unspecified atom stereocenters. The fourth-order valence-corrected chi connectivity index (χ4v) is 1.26. The molecule has 0 atom stereocenters. The molecule has 0 spiro atoms. The van der Waals surface area contributed by atoms with Gasteiger partial charge < -0.3 is 14.7 Å². The molecule has 2 aromatic heterocycles. The zero-order valence-electron chi connectivity index (χ0n) is 7.66. The Bertz CT molecular complexity index is 492. The predicted molar refractivity (Wildman–Crippen MR) is 55.9 cm³/mol. The van der Waals surface area contributed by atoms with Crippen molar-refractivity contribution in [1.29, 1.82) is 0 Å². The van der Waals surface area contributed by atoms with Crippen LogP contribution in [0.2, 0.25) is 5.02 Å². The van der Waals surface area contributed by atoms with Gasteiger partial charge in [-0.05, 0) is 6.07 Å². The van der Waals surface area contributed by atoms with Gasteiger partial charge in [-0.3, -0.25) is 4.79 Å². The van der Waals surface area contributed by atoms with E-state index in [1.165, 1.54) is 6.33 Å². The molecule has 0 bridgehead atoms. The Balaban J connectivity index is 2.12. The fourth-order valence-electron chi connectivity index (χ4n) is 1.09. The van der Waals surface area contributed by atoms with E-state index in [-0.39, 0.29) is 10.6 Å². The summed E-state index contributed by atoms with van der Waals surface area (Å²) in [7, 11) is 0. The second-order valence-electron chi connectivity index (χ2n) is 2.88. The summed E-state index contributed by atoms with van der Waals surface area (Å²) in [6.45, 7) is 0.507. The summed E-state index contributed by atoms with van der Waals surface area (Å²) < 4.78 is 4.90. The number of nitrogens with zero attached hydrogens (tertiary/aromatic N) is 1. The Morgan fingerprint density at radius 2 is 2.47 bits per heavy atom. The Kier molecular flexibility index (Phi) is 2.73. The van der Waals surface area contributed by atoms with Gasteiger partial charge in [0.05, 0.1) is 18.9 Å². The first-order valence-corrected chi connectivity index (χ1v) is 4.63. The molecule has 0 amide bonds. The maximum Gasteiger partial charge on any atom is 0.271 e. The molecule has 0 radical (unpaired) electrons. The standard InChI is InChI=1S/C9H8ClN3O2/c10-7-8(12-5-13-9(7)14)11-3-6-1-2-15-4-6/h1-2,4-5H,3H2,(H2,11,12,13,14). The molecule has 6 heteroatoms. The second kappa shape index (κ2) is 4.18. The highest BCUT2D eigenvalue weighted by molar-refractivity contribution is 6.32. The summed E-state index contributed by atoms with van der Waals surface area (Å²) in [5.41, 5.74) is 0.592. The first kappa shape index (κ1) is 9.79. The lowest BCUT2D eigenvalue weighted by Gasteiger charge is -2.03. The van der Waals surface area contributed by atoms with E-state index in [0.29, 0.717) is 12.4 Å². The van der Waals surface area contributed by atoms with Crippen LogP contribution in [0, 0.1) is 0 Å². The van der Waals surface area contributed by atoms with Crippen LogP contribution in [0.3, 0.4) is 0 Å². The van der Waals surface area contributed by atoms with Crippen molar-refractivity contribution in [3.8, 4) is 0 Å². The molecule has 0 aliphatic heterocycles. The first-order valence-electron chi connectivity index (χ1n) is 4.25. The molecule has 0 aliphatic rings. The smallest absolute Gasteiger partial charge is 0.271 e. The van der Waals surface area contributed by atoms with Crippen molar-refractivity contribution in [2.75, 3.05) is 5.32 Å². The molecule has 2 N–H and O–H groups in total. The lowest BCUT2D eigenvalue weighted by atomic mass is 10.3. The van der Waals surface area contributed by atoms with Crippen molar-refractivity contribution in [1.82, 2.24) is 9.97 Å². The van der Waals surface area contributed by atoms with E-state index < -0.39 is 0 Å². The molecule has 2 aromatic rings. The van der Waals surface area contributed by atoms with Crippen LogP contribution in [-0.2, 0) is 6.54 Å². The third-order valence-corrected chi connectivity index (χ3v) is 2.19. The quantitative estimate of drug-likeness (QED) is 0.833. The zero-order chi connectivity index (χ0) is 10.7. The van der Waals surface area contributed by atoms with Crippen LogP contribution in [0.4, 0.5) is 5.82 Å². The summed E-state index contributed by atoms with van der Waals surface area (Å²) >= 11 is 5.74. The number of aromatic amines is 1. The Morgan fingerprint density at radius 3 is 3.20 bits per heavy atom. The maximum absolute atomic E-state index is 11.1. The van der Waals surface area contributed by atoms with E-state index in [1.54, 1.807) is 12.5 Å². The molecule has 78 valence electrons. The van der Waals surface area contributed by atoms with Crippen LogP contribution < -0.4 is 10.9 Å². The average Bonchev–Trinajstić information content (AvgIpc) is 2.73. The van der Waals surface area contributed by atoms with E-state index in [9.17, 15) is 4.79 Å². The van der Waals surface area contributed by atoms with E-state index in [4.69, 9.17) is 16.0 Å².